The average Bonchev–Trinajstić information content (AvgIpc) is 2.21. The van der Waals surface area contributed by atoms with Crippen LogP contribution < -0.4 is 0 Å². The van der Waals surface area contributed by atoms with Crippen molar-refractivity contribution in [2.45, 2.75) is 19.1 Å². The maximum absolute atomic E-state index is 11.4. The third-order valence-corrected chi connectivity index (χ3v) is 2.52. The molecule has 0 spiro atoms. The van der Waals surface area contributed by atoms with Gasteiger partial charge in [0.05, 0.1) is 25.9 Å². The number of ketones is 1. The molecule has 0 aromatic rings. The van der Waals surface area contributed by atoms with Crippen LogP contribution in [-0.2, 0) is 14.3 Å². The third kappa shape index (κ3) is 3.87. The molecule has 1 rings (SSSR count). The summed E-state index contributed by atoms with van der Waals surface area (Å²) in [6.45, 7) is 3.69. The summed E-state index contributed by atoms with van der Waals surface area (Å²) >= 11 is 0. The van der Waals surface area contributed by atoms with E-state index in [1.807, 2.05) is 11.8 Å². The summed E-state index contributed by atoms with van der Waals surface area (Å²) < 4.78 is 10.2. The molecule has 0 aromatic carbocycles. The predicted octanol–water partition coefficient (Wildman–Crippen LogP) is -0.716. The maximum atomic E-state index is 11.4. The van der Waals surface area contributed by atoms with Crippen molar-refractivity contribution in [3.8, 4) is 0 Å². The first-order valence-electron chi connectivity index (χ1n) is 5.14. The molecule has 1 saturated heterocycles. The van der Waals surface area contributed by atoms with Crippen molar-refractivity contribution >= 4 is 5.78 Å². The van der Waals surface area contributed by atoms with Gasteiger partial charge in [0.15, 0.2) is 5.78 Å². The zero-order valence-corrected chi connectivity index (χ0v) is 9.31. The molecule has 0 radical (unpaired) electrons. The third-order valence-electron chi connectivity index (χ3n) is 2.52. The summed E-state index contributed by atoms with van der Waals surface area (Å²) in [5, 5.41) is 8.97. The van der Waals surface area contributed by atoms with E-state index in [2.05, 4.69) is 0 Å². The fourth-order valence-corrected chi connectivity index (χ4v) is 1.64. The Bertz CT molecular complexity index is 210. The van der Waals surface area contributed by atoms with Gasteiger partial charge in [-0.3, -0.25) is 9.69 Å². The van der Waals surface area contributed by atoms with Gasteiger partial charge in [0.1, 0.15) is 6.61 Å². The maximum Gasteiger partial charge on any atom is 0.172 e. The minimum atomic E-state index is -0.170. The van der Waals surface area contributed by atoms with Crippen LogP contribution in [-0.4, -0.2) is 68.0 Å². The molecule has 0 aliphatic carbocycles. The summed E-state index contributed by atoms with van der Waals surface area (Å²) in [4.78, 5) is 13.4. The largest absolute Gasteiger partial charge is 0.394 e. The molecule has 0 amide bonds. The van der Waals surface area contributed by atoms with Crippen LogP contribution in [0.5, 0.6) is 0 Å². The summed E-state index contributed by atoms with van der Waals surface area (Å²) in [6, 6.07) is 0.216. The molecule has 5 nitrogen and oxygen atoms in total. The van der Waals surface area contributed by atoms with E-state index in [0.717, 1.165) is 0 Å². The zero-order chi connectivity index (χ0) is 11.3. The number of aliphatic hydroxyl groups excluding tert-OH is 1. The number of Topliss-reactive ketones (excluding diaryl/α,β-unsaturated/α-hetero) is 1. The highest BCUT2D eigenvalue weighted by Crippen LogP contribution is 2.10. The highest BCUT2D eigenvalue weighted by atomic mass is 16.5. The van der Waals surface area contributed by atoms with Crippen LogP contribution >= 0.6 is 0 Å². The summed E-state index contributed by atoms with van der Waals surface area (Å²) in [7, 11) is 1.51. The number of hydrogen-bond acceptors (Lipinski definition) is 5. The molecule has 1 N–H and O–H groups in total. The van der Waals surface area contributed by atoms with Crippen LogP contribution in [0.2, 0.25) is 0 Å². The Kier molecular flexibility index (Phi) is 5.17. The van der Waals surface area contributed by atoms with E-state index in [4.69, 9.17) is 14.6 Å². The molecule has 1 aliphatic heterocycles. The average molecular weight is 217 g/mol. The second-order valence-electron chi connectivity index (χ2n) is 3.89. The number of nitrogens with zero attached hydrogens (tertiary/aromatic N) is 1. The Labute approximate surface area is 90.0 Å². The van der Waals surface area contributed by atoms with Crippen molar-refractivity contribution in [2.24, 2.45) is 0 Å². The van der Waals surface area contributed by atoms with Gasteiger partial charge in [-0.2, -0.15) is 0 Å². The van der Waals surface area contributed by atoms with Gasteiger partial charge < -0.3 is 14.6 Å². The van der Waals surface area contributed by atoms with Crippen molar-refractivity contribution in [1.82, 2.24) is 4.90 Å². The van der Waals surface area contributed by atoms with Crippen molar-refractivity contribution in [3.63, 3.8) is 0 Å². The van der Waals surface area contributed by atoms with Crippen molar-refractivity contribution < 1.29 is 19.4 Å². The molecule has 2 unspecified atom stereocenters. The monoisotopic (exact) mass is 217 g/mol. The van der Waals surface area contributed by atoms with E-state index < -0.39 is 0 Å². The second-order valence-corrected chi connectivity index (χ2v) is 3.89. The first kappa shape index (κ1) is 12.6. The van der Waals surface area contributed by atoms with Crippen molar-refractivity contribution in [3.05, 3.63) is 0 Å². The van der Waals surface area contributed by atoms with Crippen LogP contribution in [0, 0.1) is 0 Å². The Morgan fingerprint density at radius 3 is 3.00 bits per heavy atom. The molecular formula is C10H19NO4. The van der Waals surface area contributed by atoms with Crippen LogP contribution in [0.15, 0.2) is 0 Å². The summed E-state index contributed by atoms with van der Waals surface area (Å²) in [5.41, 5.74) is 0. The fourth-order valence-electron chi connectivity index (χ4n) is 1.64. The minimum Gasteiger partial charge on any atom is -0.394 e. The van der Waals surface area contributed by atoms with Crippen molar-refractivity contribution in [1.29, 1.82) is 0 Å². The lowest BCUT2D eigenvalue weighted by Gasteiger charge is -2.36. The Morgan fingerprint density at radius 2 is 2.40 bits per heavy atom. The Balaban J connectivity index is 2.40. The normalized spacial score (nSPS) is 27.9. The van der Waals surface area contributed by atoms with E-state index in [0.29, 0.717) is 19.7 Å². The Hall–Kier alpha value is -0.490. The highest BCUT2D eigenvalue weighted by Gasteiger charge is 2.26. The number of methoxy groups -OCH3 is 1. The smallest absolute Gasteiger partial charge is 0.172 e. The molecule has 5 heteroatoms. The number of carbonyl (C=O) groups excluding carboxylic acids is 1. The van der Waals surface area contributed by atoms with Gasteiger partial charge in [0.25, 0.3) is 0 Å². The molecular weight excluding hydrogens is 198 g/mol. The zero-order valence-electron chi connectivity index (χ0n) is 9.31. The lowest BCUT2D eigenvalue weighted by atomic mass is 10.2. The molecule has 88 valence electrons. The van der Waals surface area contributed by atoms with E-state index in [1.54, 1.807) is 0 Å². The quantitative estimate of drug-likeness (QED) is 0.659. The number of ether oxygens (including phenoxy) is 2. The van der Waals surface area contributed by atoms with Crippen LogP contribution in [0.1, 0.15) is 6.92 Å². The molecule has 1 aliphatic rings. The van der Waals surface area contributed by atoms with Gasteiger partial charge in [-0.05, 0) is 6.92 Å². The molecule has 1 heterocycles. The van der Waals surface area contributed by atoms with Crippen LogP contribution in [0.25, 0.3) is 0 Å². The molecule has 0 aromatic heterocycles. The Morgan fingerprint density at radius 1 is 1.67 bits per heavy atom. The summed E-state index contributed by atoms with van der Waals surface area (Å²) in [5.74, 6) is 0.0583. The lowest BCUT2D eigenvalue weighted by molar-refractivity contribution is -0.129. The van der Waals surface area contributed by atoms with Gasteiger partial charge in [0, 0.05) is 19.7 Å². The lowest BCUT2D eigenvalue weighted by Crippen LogP contribution is -2.51. The van der Waals surface area contributed by atoms with Gasteiger partial charge in [-0.25, -0.2) is 0 Å². The van der Waals surface area contributed by atoms with Crippen LogP contribution in [0.3, 0.4) is 0 Å². The first-order valence-corrected chi connectivity index (χ1v) is 5.14. The highest BCUT2D eigenvalue weighted by molar-refractivity contribution is 5.81. The van der Waals surface area contributed by atoms with E-state index in [1.165, 1.54) is 7.11 Å². The molecule has 0 bridgehead atoms. The topological polar surface area (TPSA) is 59.0 Å². The molecule has 0 saturated carbocycles. The van der Waals surface area contributed by atoms with Gasteiger partial charge >= 0.3 is 0 Å². The number of hydrogen-bond donors (Lipinski definition) is 1. The number of carbonyl (C=O) groups is 1. The van der Waals surface area contributed by atoms with Gasteiger partial charge in [-0.15, -0.1) is 0 Å². The molecule has 15 heavy (non-hydrogen) atoms. The fraction of sp³-hybridized carbons (Fsp3) is 0.900. The minimum absolute atomic E-state index is 0.00167. The first-order chi connectivity index (χ1) is 7.17. The standard InChI is InChI=1S/C10H19NO4/c1-8-6-15-10(5-12)4-11(8)3-9(13)7-14-2/h8,10,12H,3-7H2,1-2H3. The SMILES string of the molecule is COCC(=O)CN1CC(CO)OCC1C. The van der Waals surface area contributed by atoms with Crippen molar-refractivity contribution in [2.75, 3.05) is 40.0 Å². The van der Waals surface area contributed by atoms with Gasteiger partial charge in [0.2, 0.25) is 0 Å². The van der Waals surface area contributed by atoms with E-state index >= 15 is 0 Å². The number of aliphatic hydroxyl groups is 1. The predicted molar refractivity (Wildman–Crippen MR) is 54.7 cm³/mol. The van der Waals surface area contributed by atoms with Crippen LogP contribution in [0.4, 0.5) is 0 Å². The van der Waals surface area contributed by atoms with Gasteiger partial charge in [-0.1, -0.05) is 0 Å². The second kappa shape index (κ2) is 6.17. The van der Waals surface area contributed by atoms with E-state index in [9.17, 15) is 4.79 Å². The molecule has 1 fully saturated rings. The number of rotatable bonds is 5. The summed E-state index contributed by atoms with van der Waals surface area (Å²) in [6.07, 6.45) is -0.170. The molecule has 2 atom stereocenters. The van der Waals surface area contributed by atoms with E-state index in [-0.39, 0.29) is 31.1 Å². The number of morpholine rings is 1.